The molecule has 166 valence electrons. The Kier molecular flexibility index (Phi) is 7.38. The summed E-state index contributed by atoms with van der Waals surface area (Å²) >= 11 is 0. The summed E-state index contributed by atoms with van der Waals surface area (Å²) in [7, 11) is 1.49. The molecular formula is C24H24FN3O4. The number of benzene rings is 2. The summed E-state index contributed by atoms with van der Waals surface area (Å²) in [6.45, 7) is 3.77. The van der Waals surface area contributed by atoms with Crippen molar-refractivity contribution >= 4 is 12.1 Å². The van der Waals surface area contributed by atoms with E-state index in [0.29, 0.717) is 22.6 Å². The highest BCUT2D eigenvalue weighted by molar-refractivity contribution is 5.94. The minimum Gasteiger partial charge on any atom is -0.493 e. The molecule has 0 atom stereocenters. The normalized spacial score (nSPS) is 11.0. The van der Waals surface area contributed by atoms with Gasteiger partial charge in [-0.2, -0.15) is 5.10 Å². The molecule has 8 heteroatoms. The molecule has 0 fully saturated rings. The van der Waals surface area contributed by atoms with E-state index in [2.05, 4.69) is 10.5 Å². The number of carbonyl (C=O) groups excluding carboxylic acids is 1. The molecule has 2 aromatic carbocycles. The van der Waals surface area contributed by atoms with Crippen molar-refractivity contribution in [2.24, 2.45) is 5.10 Å². The maximum absolute atomic E-state index is 13.8. The zero-order valence-electron chi connectivity index (χ0n) is 18.0. The van der Waals surface area contributed by atoms with Crippen molar-refractivity contribution in [3.8, 4) is 11.5 Å². The van der Waals surface area contributed by atoms with Gasteiger partial charge in [0.1, 0.15) is 18.0 Å². The first-order valence-electron chi connectivity index (χ1n) is 9.99. The Morgan fingerprint density at radius 2 is 1.94 bits per heavy atom. The van der Waals surface area contributed by atoms with Crippen LogP contribution in [-0.2, 0) is 6.61 Å². The number of halogens is 1. The fourth-order valence-electron chi connectivity index (χ4n) is 2.97. The monoisotopic (exact) mass is 437 g/mol. The lowest BCUT2D eigenvalue weighted by Crippen LogP contribution is -2.31. The number of hydrogen-bond donors (Lipinski definition) is 1. The van der Waals surface area contributed by atoms with Gasteiger partial charge in [-0.05, 0) is 55.8 Å². The van der Waals surface area contributed by atoms with E-state index < -0.39 is 5.91 Å². The fourth-order valence-corrected chi connectivity index (χ4v) is 2.97. The molecular weight excluding hydrogens is 413 g/mol. The van der Waals surface area contributed by atoms with E-state index in [4.69, 9.17) is 9.47 Å². The summed E-state index contributed by atoms with van der Waals surface area (Å²) in [5, 5.41) is 3.93. The van der Waals surface area contributed by atoms with Crippen LogP contribution in [0.15, 0.2) is 70.7 Å². The van der Waals surface area contributed by atoms with Gasteiger partial charge >= 0.3 is 0 Å². The average molecular weight is 437 g/mol. The van der Waals surface area contributed by atoms with Gasteiger partial charge in [0.05, 0.1) is 13.3 Å². The molecule has 0 bridgehead atoms. The van der Waals surface area contributed by atoms with Crippen molar-refractivity contribution in [2.45, 2.75) is 26.5 Å². The molecule has 1 aromatic heterocycles. The van der Waals surface area contributed by atoms with E-state index in [9.17, 15) is 14.0 Å². The number of pyridine rings is 1. The predicted octanol–water partition coefficient (Wildman–Crippen LogP) is 3.92. The van der Waals surface area contributed by atoms with Gasteiger partial charge < -0.3 is 14.0 Å². The molecule has 7 nitrogen and oxygen atoms in total. The molecule has 1 N–H and O–H groups in total. The molecule has 0 aliphatic rings. The highest BCUT2D eigenvalue weighted by atomic mass is 19.1. The lowest BCUT2D eigenvalue weighted by atomic mass is 10.2. The van der Waals surface area contributed by atoms with Crippen LogP contribution in [0, 0.1) is 5.82 Å². The molecule has 32 heavy (non-hydrogen) atoms. The number of hydrogen-bond acceptors (Lipinski definition) is 5. The second kappa shape index (κ2) is 10.4. The summed E-state index contributed by atoms with van der Waals surface area (Å²) in [4.78, 5) is 24.7. The summed E-state index contributed by atoms with van der Waals surface area (Å²) in [5.41, 5.74) is 3.05. The third kappa shape index (κ3) is 5.40. The molecule has 3 aromatic rings. The summed E-state index contributed by atoms with van der Waals surface area (Å²) < 4.78 is 26.3. The van der Waals surface area contributed by atoms with Crippen LogP contribution in [-0.4, -0.2) is 23.8 Å². The minimum atomic E-state index is -0.599. The minimum absolute atomic E-state index is 0.00724. The van der Waals surface area contributed by atoms with Gasteiger partial charge in [-0.15, -0.1) is 0 Å². The molecule has 1 amide bonds. The van der Waals surface area contributed by atoms with E-state index in [0.717, 1.165) is 0 Å². The van der Waals surface area contributed by atoms with E-state index in [1.54, 1.807) is 48.7 Å². The quantitative estimate of drug-likeness (QED) is 0.428. The van der Waals surface area contributed by atoms with Gasteiger partial charge in [-0.25, -0.2) is 9.82 Å². The van der Waals surface area contributed by atoms with Crippen LogP contribution in [0.4, 0.5) is 4.39 Å². The largest absolute Gasteiger partial charge is 0.493 e. The lowest BCUT2D eigenvalue weighted by Gasteiger charge is -2.12. The Labute approximate surface area is 185 Å². The number of nitrogens with one attached hydrogen (secondary N) is 1. The van der Waals surface area contributed by atoms with Gasteiger partial charge in [-0.3, -0.25) is 9.59 Å². The Balaban J connectivity index is 1.67. The van der Waals surface area contributed by atoms with Gasteiger partial charge in [-0.1, -0.05) is 18.2 Å². The number of rotatable bonds is 8. The van der Waals surface area contributed by atoms with Crippen molar-refractivity contribution in [1.29, 1.82) is 0 Å². The summed E-state index contributed by atoms with van der Waals surface area (Å²) in [5.74, 6) is -0.0717. The SMILES string of the molecule is COc1cc(/C=N\NC(=O)c2cccn(C(C)C)c2=O)ccc1OCc1ccccc1F. The van der Waals surface area contributed by atoms with Crippen LogP contribution in [0.2, 0.25) is 0 Å². The average Bonchev–Trinajstić information content (AvgIpc) is 2.78. The number of ether oxygens (including phenoxy) is 2. The molecule has 0 spiro atoms. The van der Waals surface area contributed by atoms with Crippen LogP contribution in [0.1, 0.15) is 41.4 Å². The van der Waals surface area contributed by atoms with Crippen molar-refractivity contribution in [1.82, 2.24) is 9.99 Å². The first kappa shape index (κ1) is 22.7. The Bertz CT molecular complexity index is 1190. The molecule has 1 heterocycles. The first-order valence-corrected chi connectivity index (χ1v) is 9.99. The van der Waals surface area contributed by atoms with Crippen molar-refractivity contribution in [3.63, 3.8) is 0 Å². The highest BCUT2D eigenvalue weighted by Gasteiger charge is 2.13. The molecule has 0 aliphatic heterocycles. The number of carbonyl (C=O) groups is 1. The molecule has 3 rings (SSSR count). The summed E-state index contributed by atoms with van der Waals surface area (Å²) in [6.07, 6.45) is 3.06. The zero-order valence-corrected chi connectivity index (χ0v) is 18.0. The number of amides is 1. The zero-order chi connectivity index (χ0) is 23.1. The van der Waals surface area contributed by atoms with Crippen LogP contribution < -0.4 is 20.5 Å². The van der Waals surface area contributed by atoms with Crippen molar-refractivity contribution in [3.05, 3.63) is 93.7 Å². The fraction of sp³-hybridized carbons (Fsp3) is 0.208. The third-order valence-electron chi connectivity index (χ3n) is 4.68. The second-order valence-corrected chi connectivity index (χ2v) is 7.22. The van der Waals surface area contributed by atoms with Crippen LogP contribution in [0.25, 0.3) is 0 Å². The van der Waals surface area contributed by atoms with Gasteiger partial charge in [0, 0.05) is 17.8 Å². The topological polar surface area (TPSA) is 81.9 Å². The third-order valence-corrected chi connectivity index (χ3v) is 4.68. The van der Waals surface area contributed by atoms with Gasteiger partial charge in [0.15, 0.2) is 11.5 Å². The smallest absolute Gasteiger partial charge is 0.276 e. The Hall–Kier alpha value is -3.94. The Morgan fingerprint density at radius 1 is 1.16 bits per heavy atom. The van der Waals surface area contributed by atoms with Crippen molar-refractivity contribution in [2.75, 3.05) is 7.11 Å². The maximum atomic E-state index is 13.8. The summed E-state index contributed by atoms with van der Waals surface area (Å²) in [6, 6.07) is 14.5. The highest BCUT2D eigenvalue weighted by Crippen LogP contribution is 2.28. The maximum Gasteiger partial charge on any atom is 0.276 e. The van der Waals surface area contributed by atoms with E-state index in [1.165, 1.54) is 30.0 Å². The van der Waals surface area contributed by atoms with Gasteiger partial charge in [0.25, 0.3) is 11.5 Å². The lowest BCUT2D eigenvalue weighted by molar-refractivity contribution is 0.0953. The Morgan fingerprint density at radius 3 is 2.66 bits per heavy atom. The number of aromatic nitrogens is 1. The molecule has 0 unspecified atom stereocenters. The number of hydrazone groups is 1. The van der Waals surface area contributed by atoms with Crippen LogP contribution >= 0.6 is 0 Å². The van der Waals surface area contributed by atoms with E-state index in [1.807, 2.05) is 13.8 Å². The van der Waals surface area contributed by atoms with Crippen LogP contribution in [0.3, 0.4) is 0 Å². The standard InChI is InChI=1S/C24H24FN3O4/c1-16(2)28-12-6-8-19(24(28)30)23(29)27-26-14-17-10-11-21(22(13-17)31-3)32-15-18-7-4-5-9-20(18)25/h4-14,16H,15H2,1-3H3,(H,27,29)/b26-14-. The van der Waals surface area contributed by atoms with Crippen molar-refractivity contribution < 1.29 is 18.7 Å². The molecule has 0 saturated carbocycles. The van der Waals surface area contributed by atoms with E-state index in [-0.39, 0.29) is 29.6 Å². The van der Waals surface area contributed by atoms with E-state index >= 15 is 0 Å². The number of methoxy groups -OCH3 is 1. The first-order chi connectivity index (χ1) is 15.4. The van der Waals surface area contributed by atoms with Gasteiger partial charge in [0.2, 0.25) is 0 Å². The molecule has 0 radical (unpaired) electrons. The van der Waals surface area contributed by atoms with Crippen LogP contribution in [0.5, 0.6) is 11.5 Å². The predicted molar refractivity (Wildman–Crippen MR) is 120 cm³/mol. The number of nitrogens with zero attached hydrogens (tertiary/aromatic N) is 2. The molecule has 0 aliphatic carbocycles. The second-order valence-electron chi connectivity index (χ2n) is 7.22. The molecule has 0 saturated heterocycles.